The number of benzene rings is 1. The van der Waals surface area contributed by atoms with Crippen molar-refractivity contribution in [2.24, 2.45) is 4.99 Å². The third kappa shape index (κ3) is 10.1. The summed E-state index contributed by atoms with van der Waals surface area (Å²) in [5, 5.41) is 17.2. The van der Waals surface area contributed by atoms with Crippen molar-refractivity contribution in [1.29, 1.82) is 0 Å². The van der Waals surface area contributed by atoms with Gasteiger partial charge in [0.05, 0.1) is 12.6 Å². The molecule has 2 rings (SSSR count). The van der Waals surface area contributed by atoms with Crippen molar-refractivity contribution in [1.82, 2.24) is 20.4 Å². The van der Waals surface area contributed by atoms with Crippen molar-refractivity contribution >= 4 is 29.9 Å². The molecule has 1 heterocycles. The van der Waals surface area contributed by atoms with E-state index in [9.17, 15) is 5.11 Å². The molecule has 1 aromatic carbocycles. The summed E-state index contributed by atoms with van der Waals surface area (Å²) in [6, 6.07) is 9.73. The van der Waals surface area contributed by atoms with E-state index in [1.54, 1.807) is 0 Å². The molecule has 0 bridgehead atoms. The van der Waals surface area contributed by atoms with Crippen LogP contribution in [0, 0.1) is 0 Å². The molecule has 6 nitrogen and oxygen atoms in total. The summed E-state index contributed by atoms with van der Waals surface area (Å²) in [4.78, 5) is 9.45. The molecular formula is C24H44IN5O. The number of aliphatic imine (C=N–C) groups is 1. The highest BCUT2D eigenvalue weighted by molar-refractivity contribution is 14.0. The first-order valence-corrected chi connectivity index (χ1v) is 11.7. The van der Waals surface area contributed by atoms with Crippen molar-refractivity contribution < 1.29 is 5.11 Å². The molecule has 1 unspecified atom stereocenters. The number of hydrogen-bond acceptors (Lipinski definition) is 4. The monoisotopic (exact) mass is 545 g/mol. The summed E-state index contributed by atoms with van der Waals surface area (Å²) < 4.78 is 0. The van der Waals surface area contributed by atoms with Crippen LogP contribution in [0.15, 0.2) is 29.3 Å². The van der Waals surface area contributed by atoms with Gasteiger partial charge in [-0.2, -0.15) is 0 Å². The Morgan fingerprint density at radius 1 is 1.13 bits per heavy atom. The van der Waals surface area contributed by atoms with E-state index in [1.807, 2.05) is 0 Å². The normalized spacial score (nSPS) is 15.7. The standard InChI is InChI=1S/C24H43N5O.HI/c1-6-25-24(26-13-9-14-29(19(2)3)20(4)5)27-16-23(30)18-28-15-12-21-10-7-8-11-22(21)17-28;/h7-8,10-11,19-20,23,30H,6,9,12-18H2,1-5H3,(H2,25,26,27);1H. The fourth-order valence-corrected chi connectivity index (χ4v) is 4.19. The first-order chi connectivity index (χ1) is 14.4. The van der Waals surface area contributed by atoms with Gasteiger partial charge in [0.15, 0.2) is 5.96 Å². The lowest BCUT2D eigenvalue weighted by molar-refractivity contribution is 0.111. The number of guanidine groups is 1. The van der Waals surface area contributed by atoms with Crippen molar-refractivity contribution in [3.05, 3.63) is 35.4 Å². The fraction of sp³-hybridized carbons (Fsp3) is 0.708. The number of aliphatic hydroxyl groups excluding tert-OH is 1. The summed E-state index contributed by atoms with van der Waals surface area (Å²) in [7, 11) is 0. The number of aliphatic hydroxyl groups is 1. The number of nitrogens with zero attached hydrogens (tertiary/aromatic N) is 3. The maximum atomic E-state index is 10.5. The minimum Gasteiger partial charge on any atom is -0.390 e. The van der Waals surface area contributed by atoms with Crippen LogP contribution in [0.1, 0.15) is 52.2 Å². The van der Waals surface area contributed by atoms with Crippen LogP contribution in [0.2, 0.25) is 0 Å². The van der Waals surface area contributed by atoms with Gasteiger partial charge in [0.2, 0.25) is 0 Å². The Morgan fingerprint density at radius 3 is 2.45 bits per heavy atom. The van der Waals surface area contributed by atoms with Crippen molar-refractivity contribution in [2.75, 3.05) is 39.3 Å². The van der Waals surface area contributed by atoms with Gasteiger partial charge < -0.3 is 15.7 Å². The van der Waals surface area contributed by atoms with Gasteiger partial charge in [0.1, 0.15) is 0 Å². The smallest absolute Gasteiger partial charge is 0.191 e. The largest absolute Gasteiger partial charge is 0.390 e. The molecular weight excluding hydrogens is 501 g/mol. The van der Waals surface area contributed by atoms with E-state index in [0.29, 0.717) is 25.2 Å². The molecule has 178 valence electrons. The zero-order chi connectivity index (χ0) is 21.9. The van der Waals surface area contributed by atoms with E-state index in [2.05, 4.69) is 84.3 Å². The first kappa shape index (κ1) is 28.1. The van der Waals surface area contributed by atoms with Crippen LogP contribution < -0.4 is 10.6 Å². The average molecular weight is 546 g/mol. The van der Waals surface area contributed by atoms with Gasteiger partial charge in [-0.25, -0.2) is 0 Å². The molecule has 1 aromatic rings. The van der Waals surface area contributed by atoms with Gasteiger partial charge in [-0.15, -0.1) is 24.0 Å². The van der Waals surface area contributed by atoms with E-state index < -0.39 is 6.10 Å². The van der Waals surface area contributed by atoms with E-state index in [1.165, 1.54) is 11.1 Å². The molecule has 0 aliphatic carbocycles. The molecule has 0 saturated carbocycles. The van der Waals surface area contributed by atoms with E-state index >= 15 is 0 Å². The molecule has 0 fully saturated rings. The SMILES string of the molecule is CCNC(=NCC(O)CN1CCc2ccccc2C1)NCCCN(C(C)C)C(C)C.I. The zero-order valence-electron chi connectivity index (χ0n) is 20.1. The van der Waals surface area contributed by atoms with E-state index in [0.717, 1.165) is 51.5 Å². The van der Waals surface area contributed by atoms with Crippen LogP contribution in [-0.2, 0) is 13.0 Å². The minimum absolute atomic E-state index is 0. The summed E-state index contributed by atoms with van der Waals surface area (Å²) >= 11 is 0. The molecule has 0 saturated heterocycles. The predicted octanol–water partition coefficient (Wildman–Crippen LogP) is 3.09. The Labute approximate surface area is 206 Å². The van der Waals surface area contributed by atoms with Crippen molar-refractivity contribution in [3.63, 3.8) is 0 Å². The quantitative estimate of drug-likeness (QED) is 0.173. The minimum atomic E-state index is -0.455. The predicted molar refractivity (Wildman–Crippen MR) is 142 cm³/mol. The summed E-state index contributed by atoms with van der Waals surface area (Å²) in [6.07, 6.45) is 1.67. The molecule has 1 atom stereocenters. The maximum Gasteiger partial charge on any atom is 0.191 e. The molecule has 0 aromatic heterocycles. The number of β-amino-alcohol motifs (C(OH)–C–C–N with tert-alkyl or cyclic N) is 1. The molecule has 1 aliphatic heterocycles. The van der Waals surface area contributed by atoms with Crippen LogP contribution >= 0.6 is 24.0 Å². The van der Waals surface area contributed by atoms with Crippen molar-refractivity contribution in [2.45, 2.75) is 72.2 Å². The van der Waals surface area contributed by atoms with Gasteiger partial charge >= 0.3 is 0 Å². The van der Waals surface area contributed by atoms with Crippen LogP contribution in [0.5, 0.6) is 0 Å². The Hall–Kier alpha value is -0.900. The van der Waals surface area contributed by atoms with Crippen LogP contribution in [-0.4, -0.2) is 78.3 Å². The number of fused-ring (bicyclic) bond motifs is 1. The van der Waals surface area contributed by atoms with Gasteiger partial charge in [-0.3, -0.25) is 14.8 Å². The first-order valence-electron chi connectivity index (χ1n) is 11.7. The van der Waals surface area contributed by atoms with Crippen LogP contribution in [0.25, 0.3) is 0 Å². The fourth-order valence-electron chi connectivity index (χ4n) is 4.19. The highest BCUT2D eigenvalue weighted by Gasteiger charge is 2.18. The summed E-state index contributed by atoms with van der Waals surface area (Å²) in [6.45, 7) is 16.8. The summed E-state index contributed by atoms with van der Waals surface area (Å²) in [5.41, 5.74) is 2.82. The van der Waals surface area contributed by atoms with Gasteiger partial charge in [-0.05, 0) is 58.6 Å². The van der Waals surface area contributed by atoms with Gasteiger partial charge in [0.25, 0.3) is 0 Å². The lowest BCUT2D eigenvalue weighted by Gasteiger charge is -2.30. The van der Waals surface area contributed by atoms with E-state index in [4.69, 9.17) is 0 Å². The molecule has 7 heteroatoms. The third-order valence-corrected chi connectivity index (χ3v) is 5.70. The lowest BCUT2D eigenvalue weighted by atomic mass is 10.00. The Bertz CT molecular complexity index is 645. The molecule has 0 spiro atoms. The number of rotatable bonds is 11. The van der Waals surface area contributed by atoms with Crippen LogP contribution in [0.4, 0.5) is 0 Å². The highest BCUT2D eigenvalue weighted by atomic mass is 127. The van der Waals surface area contributed by atoms with Gasteiger partial charge in [-0.1, -0.05) is 24.3 Å². The van der Waals surface area contributed by atoms with E-state index in [-0.39, 0.29) is 24.0 Å². The maximum absolute atomic E-state index is 10.5. The number of halogens is 1. The Morgan fingerprint density at radius 2 is 1.81 bits per heavy atom. The second-order valence-electron chi connectivity index (χ2n) is 8.83. The second-order valence-corrected chi connectivity index (χ2v) is 8.83. The molecule has 3 N–H and O–H groups in total. The number of nitrogens with one attached hydrogen (secondary N) is 2. The molecule has 31 heavy (non-hydrogen) atoms. The van der Waals surface area contributed by atoms with Crippen molar-refractivity contribution in [3.8, 4) is 0 Å². The van der Waals surface area contributed by atoms with Crippen LogP contribution in [0.3, 0.4) is 0 Å². The molecule has 1 aliphatic rings. The third-order valence-electron chi connectivity index (χ3n) is 5.70. The summed E-state index contributed by atoms with van der Waals surface area (Å²) in [5.74, 6) is 0.793. The Balaban J connectivity index is 0.00000480. The molecule has 0 amide bonds. The topological polar surface area (TPSA) is 63.1 Å². The second kappa shape index (κ2) is 15.0. The Kier molecular flexibility index (Phi) is 13.6. The lowest BCUT2D eigenvalue weighted by Crippen LogP contribution is -2.42. The zero-order valence-corrected chi connectivity index (χ0v) is 22.4. The van der Waals surface area contributed by atoms with Gasteiger partial charge in [0, 0.05) is 51.4 Å². The average Bonchev–Trinajstić information content (AvgIpc) is 2.71. The highest BCUT2D eigenvalue weighted by Crippen LogP contribution is 2.18. The molecule has 0 radical (unpaired) electrons. The number of hydrogen-bond donors (Lipinski definition) is 3.